The lowest BCUT2D eigenvalue weighted by Gasteiger charge is -2.17. The molecule has 0 saturated heterocycles. The normalized spacial score (nSPS) is 11.5. The Labute approximate surface area is 112 Å². The molecule has 5 nitrogen and oxygen atoms in total. The molecule has 1 amide bonds. The van der Waals surface area contributed by atoms with Crippen LogP contribution in [0.25, 0.3) is 0 Å². The molecule has 0 saturated carbocycles. The first-order valence-corrected chi connectivity index (χ1v) is 5.88. The van der Waals surface area contributed by atoms with Gasteiger partial charge in [0.15, 0.2) is 0 Å². The van der Waals surface area contributed by atoms with Crippen LogP contribution in [0, 0.1) is 23.2 Å². The van der Waals surface area contributed by atoms with Gasteiger partial charge in [0.2, 0.25) is 5.91 Å². The Morgan fingerprint density at radius 3 is 2.26 bits per heavy atom. The average Bonchev–Trinajstić information content (AvgIpc) is 2.39. The van der Waals surface area contributed by atoms with Gasteiger partial charge in [0.05, 0.1) is 18.7 Å². The summed E-state index contributed by atoms with van der Waals surface area (Å²) >= 11 is 0. The minimum absolute atomic E-state index is 0.161. The third-order valence-corrected chi connectivity index (χ3v) is 2.69. The summed E-state index contributed by atoms with van der Waals surface area (Å²) in [6.07, 6.45) is 0. The maximum Gasteiger partial charge on any atom is 0.318 e. The molecule has 1 aromatic rings. The van der Waals surface area contributed by atoms with Gasteiger partial charge in [0.1, 0.15) is 5.92 Å². The summed E-state index contributed by atoms with van der Waals surface area (Å²) in [7, 11) is 1.26. The van der Waals surface area contributed by atoms with Crippen molar-refractivity contribution < 1.29 is 14.3 Å². The molecule has 19 heavy (non-hydrogen) atoms. The van der Waals surface area contributed by atoms with Gasteiger partial charge in [-0.25, -0.2) is 0 Å². The van der Waals surface area contributed by atoms with Crippen LogP contribution in [0.5, 0.6) is 0 Å². The average molecular weight is 260 g/mol. The lowest BCUT2D eigenvalue weighted by molar-refractivity contribution is -0.150. The Hall–Kier alpha value is -2.35. The predicted molar refractivity (Wildman–Crippen MR) is 70.1 cm³/mol. The van der Waals surface area contributed by atoms with E-state index < -0.39 is 17.8 Å². The molecule has 0 aliphatic carbocycles. The fourth-order valence-electron chi connectivity index (χ4n) is 1.66. The highest BCUT2D eigenvalue weighted by Gasteiger charge is 2.30. The largest absolute Gasteiger partial charge is 0.468 e. The lowest BCUT2D eigenvalue weighted by atomic mass is 9.95. The molecule has 100 valence electrons. The standard InChI is InChI=1S/C14H16N2O3/c1-9(2)12(14(18)19-3)13(17)16-11-6-4-10(8-15)5-7-11/h4-7,9,12H,1-3H3,(H,16,17). The highest BCUT2D eigenvalue weighted by molar-refractivity contribution is 6.04. The van der Waals surface area contributed by atoms with E-state index in [9.17, 15) is 9.59 Å². The summed E-state index contributed by atoms with van der Waals surface area (Å²) in [6.45, 7) is 3.56. The van der Waals surface area contributed by atoms with Gasteiger partial charge in [0, 0.05) is 5.69 Å². The third kappa shape index (κ3) is 3.81. The topological polar surface area (TPSA) is 79.2 Å². The van der Waals surface area contributed by atoms with Crippen LogP contribution in [0.4, 0.5) is 5.69 Å². The first-order chi connectivity index (χ1) is 8.99. The van der Waals surface area contributed by atoms with Crippen LogP contribution in [0.15, 0.2) is 24.3 Å². The number of benzene rings is 1. The number of nitrogens with one attached hydrogen (secondary N) is 1. The van der Waals surface area contributed by atoms with Gasteiger partial charge in [-0.15, -0.1) is 0 Å². The molecule has 0 spiro atoms. The molecular weight excluding hydrogens is 244 g/mol. The molecule has 0 heterocycles. The first kappa shape index (κ1) is 14.7. The van der Waals surface area contributed by atoms with E-state index in [0.717, 1.165) is 0 Å². The van der Waals surface area contributed by atoms with Gasteiger partial charge in [-0.05, 0) is 30.2 Å². The number of carbonyl (C=O) groups is 2. The quantitative estimate of drug-likeness (QED) is 0.662. The van der Waals surface area contributed by atoms with Crippen molar-refractivity contribution in [3.8, 4) is 6.07 Å². The molecule has 1 aromatic carbocycles. The van der Waals surface area contributed by atoms with E-state index in [1.165, 1.54) is 7.11 Å². The summed E-state index contributed by atoms with van der Waals surface area (Å²) < 4.78 is 4.63. The van der Waals surface area contributed by atoms with Crippen LogP contribution in [0.3, 0.4) is 0 Å². The van der Waals surface area contributed by atoms with Crippen LogP contribution in [0.2, 0.25) is 0 Å². The number of methoxy groups -OCH3 is 1. The van der Waals surface area contributed by atoms with Crippen molar-refractivity contribution >= 4 is 17.6 Å². The summed E-state index contributed by atoms with van der Waals surface area (Å²) in [5.74, 6) is -1.97. The number of amides is 1. The molecule has 5 heteroatoms. The zero-order valence-corrected chi connectivity index (χ0v) is 11.1. The number of nitriles is 1. The van der Waals surface area contributed by atoms with E-state index in [1.807, 2.05) is 6.07 Å². The maximum atomic E-state index is 12.0. The van der Waals surface area contributed by atoms with Crippen LogP contribution < -0.4 is 5.32 Å². The first-order valence-electron chi connectivity index (χ1n) is 5.88. The number of esters is 1. The van der Waals surface area contributed by atoms with Crippen molar-refractivity contribution in [3.05, 3.63) is 29.8 Å². The Kier molecular flexibility index (Phi) is 5.07. The molecule has 0 bridgehead atoms. The van der Waals surface area contributed by atoms with E-state index in [0.29, 0.717) is 11.3 Å². The minimum Gasteiger partial charge on any atom is -0.468 e. The van der Waals surface area contributed by atoms with E-state index in [2.05, 4.69) is 10.1 Å². The second-order valence-electron chi connectivity index (χ2n) is 4.42. The van der Waals surface area contributed by atoms with Crippen molar-refractivity contribution in [3.63, 3.8) is 0 Å². The zero-order chi connectivity index (χ0) is 14.4. The fourth-order valence-corrected chi connectivity index (χ4v) is 1.66. The number of rotatable bonds is 4. The molecule has 1 unspecified atom stereocenters. The monoisotopic (exact) mass is 260 g/mol. The molecular formula is C14H16N2O3. The zero-order valence-electron chi connectivity index (χ0n) is 11.1. The molecule has 0 aromatic heterocycles. The summed E-state index contributed by atoms with van der Waals surface area (Å²) in [4.78, 5) is 23.6. The third-order valence-electron chi connectivity index (χ3n) is 2.69. The van der Waals surface area contributed by atoms with Gasteiger partial charge >= 0.3 is 5.97 Å². The smallest absolute Gasteiger partial charge is 0.318 e. The van der Waals surface area contributed by atoms with Crippen molar-refractivity contribution in [2.45, 2.75) is 13.8 Å². The van der Waals surface area contributed by atoms with E-state index in [4.69, 9.17) is 5.26 Å². The maximum absolute atomic E-state index is 12.0. The molecule has 0 aliphatic heterocycles. The minimum atomic E-state index is -0.847. The Bertz CT molecular complexity index is 500. The Balaban J connectivity index is 2.81. The highest BCUT2D eigenvalue weighted by Crippen LogP contribution is 2.16. The fraction of sp³-hybridized carbons (Fsp3) is 0.357. The van der Waals surface area contributed by atoms with Crippen LogP contribution >= 0.6 is 0 Å². The number of anilines is 1. The number of hydrogen-bond donors (Lipinski definition) is 1. The lowest BCUT2D eigenvalue weighted by Crippen LogP contribution is -2.34. The number of hydrogen-bond acceptors (Lipinski definition) is 4. The Morgan fingerprint density at radius 2 is 1.84 bits per heavy atom. The number of carbonyl (C=O) groups excluding carboxylic acids is 2. The Morgan fingerprint density at radius 1 is 1.26 bits per heavy atom. The molecule has 1 rings (SSSR count). The van der Waals surface area contributed by atoms with Gasteiger partial charge < -0.3 is 10.1 Å². The molecule has 0 fully saturated rings. The second-order valence-corrected chi connectivity index (χ2v) is 4.42. The summed E-state index contributed by atoms with van der Waals surface area (Å²) in [5.41, 5.74) is 1.05. The molecule has 1 N–H and O–H groups in total. The molecule has 0 radical (unpaired) electrons. The van der Waals surface area contributed by atoms with Gasteiger partial charge in [0.25, 0.3) is 0 Å². The SMILES string of the molecule is COC(=O)C(C(=O)Nc1ccc(C#N)cc1)C(C)C. The van der Waals surface area contributed by atoms with Crippen molar-refractivity contribution in [2.75, 3.05) is 12.4 Å². The highest BCUT2D eigenvalue weighted by atomic mass is 16.5. The van der Waals surface area contributed by atoms with Gasteiger partial charge in [-0.2, -0.15) is 5.26 Å². The molecule has 1 atom stereocenters. The number of nitrogens with zero attached hydrogens (tertiary/aromatic N) is 1. The summed E-state index contributed by atoms with van der Waals surface area (Å²) in [6, 6.07) is 8.41. The van der Waals surface area contributed by atoms with Crippen LogP contribution in [-0.2, 0) is 14.3 Å². The van der Waals surface area contributed by atoms with Crippen LogP contribution in [-0.4, -0.2) is 19.0 Å². The van der Waals surface area contributed by atoms with E-state index >= 15 is 0 Å². The van der Waals surface area contributed by atoms with Gasteiger partial charge in [-0.1, -0.05) is 13.8 Å². The van der Waals surface area contributed by atoms with Crippen molar-refractivity contribution in [2.24, 2.45) is 11.8 Å². The summed E-state index contributed by atoms with van der Waals surface area (Å²) in [5, 5.41) is 11.3. The van der Waals surface area contributed by atoms with E-state index in [1.54, 1.807) is 38.1 Å². The number of ether oxygens (including phenoxy) is 1. The molecule has 0 aliphatic rings. The predicted octanol–water partition coefficient (Wildman–Crippen LogP) is 1.94. The van der Waals surface area contributed by atoms with Crippen LogP contribution in [0.1, 0.15) is 19.4 Å². The second kappa shape index (κ2) is 6.55. The van der Waals surface area contributed by atoms with Crippen molar-refractivity contribution in [1.82, 2.24) is 0 Å². The van der Waals surface area contributed by atoms with Gasteiger partial charge in [-0.3, -0.25) is 9.59 Å². The van der Waals surface area contributed by atoms with E-state index in [-0.39, 0.29) is 5.92 Å². The van der Waals surface area contributed by atoms with Crippen molar-refractivity contribution in [1.29, 1.82) is 5.26 Å².